The molecule has 0 aromatic carbocycles. The van der Waals surface area contributed by atoms with E-state index in [1.807, 2.05) is 0 Å². The van der Waals surface area contributed by atoms with E-state index in [4.69, 9.17) is 9.47 Å². The molecule has 92 valence electrons. The van der Waals surface area contributed by atoms with Gasteiger partial charge in [-0.25, -0.2) is 9.37 Å². The van der Waals surface area contributed by atoms with E-state index < -0.39 is 0 Å². The Kier molecular flexibility index (Phi) is 2.94. The normalized spacial score (nSPS) is 20.1. The van der Waals surface area contributed by atoms with Crippen LogP contribution in [0.4, 0.5) is 4.39 Å². The molecule has 3 rings (SSSR count). The molecule has 1 saturated carbocycles. The SMILES string of the molecule is Fc1c(CNC2CC2)ccnc1OC1COC1. The Morgan fingerprint density at radius 3 is 2.94 bits per heavy atom. The van der Waals surface area contributed by atoms with E-state index >= 15 is 0 Å². The first-order valence-electron chi connectivity index (χ1n) is 5.94. The number of nitrogens with zero attached hydrogens (tertiary/aromatic N) is 1. The molecule has 1 aromatic rings. The van der Waals surface area contributed by atoms with Crippen LogP contribution in [-0.4, -0.2) is 30.3 Å². The average Bonchev–Trinajstić information content (AvgIpc) is 3.07. The van der Waals surface area contributed by atoms with Crippen LogP contribution in [0.25, 0.3) is 0 Å². The van der Waals surface area contributed by atoms with Gasteiger partial charge in [0.05, 0.1) is 13.2 Å². The number of hydrogen-bond donors (Lipinski definition) is 1. The summed E-state index contributed by atoms with van der Waals surface area (Å²) >= 11 is 0. The fraction of sp³-hybridized carbons (Fsp3) is 0.583. The summed E-state index contributed by atoms with van der Waals surface area (Å²) in [6, 6.07) is 2.25. The second kappa shape index (κ2) is 4.58. The van der Waals surface area contributed by atoms with E-state index in [0.29, 0.717) is 31.4 Å². The molecule has 4 nitrogen and oxygen atoms in total. The first-order valence-corrected chi connectivity index (χ1v) is 5.94. The lowest BCUT2D eigenvalue weighted by molar-refractivity contribution is -0.0827. The third-order valence-electron chi connectivity index (χ3n) is 2.98. The van der Waals surface area contributed by atoms with Gasteiger partial charge in [0.25, 0.3) is 5.88 Å². The third-order valence-corrected chi connectivity index (χ3v) is 2.98. The molecule has 0 atom stereocenters. The van der Waals surface area contributed by atoms with Crippen LogP contribution >= 0.6 is 0 Å². The van der Waals surface area contributed by atoms with Gasteiger partial charge < -0.3 is 14.8 Å². The van der Waals surface area contributed by atoms with E-state index in [9.17, 15) is 4.39 Å². The summed E-state index contributed by atoms with van der Waals surface area (Å²) in [4.78, 5) is 3.92. The zero-order valence-electron chi connectivity index (χ0n) is 9.49. The van der Waals surface area contributed by atoms with Crippen molar-refractivity contribution >= 4 is 0 Å². The van der Waals surface area contributed by atoms with E-state index in [1.165, 1.54) is 12.8 Å². The first-order chi connectivity index (χ1) is 8.33. The molecule has 1 aliphatic heterocycles. The third kappa shape index (κ3) is 2.56. The van der Waals surface area contributed by atoms with Crippen molar-refractivity contribution < 1.29 is 13.9 Å². The van der Waals surface area contributed by atoms with Gasteiger partial charge in [-0.15, -0.1) is 0 Å². The van der Waals surface area contributed by atoms with Crippen LogP contribution in [0, 0.1) is 5.82 Å². The number of rotatable bonds is 5. The number of pyridine rings is 1. The van der Waals surface area contributed by atoms with E-state index in [1.54, 1.807) is 12.3 Å². The van der Waals surface area contributed by atoms with Crippen LogP contribution in [0.2, 0.25) is 0 Å². The molecule has 0 unspecified atom stereocenters. The molecule has 0 radical (unpaired) electrons. The van der Waals surface area contributed by atoms with Crippen molar-refractivity contribution in [2.24, 2.45) is 0 Å². The van der Waals surface area contributed by atoms with Crippen molar-refractivity contribution in [1.82, 2.24) is 10.3 Å². The van der Waals surface area contributed by atoms with Crippen molar-refractivity contribution in [3.05, 3.63) is 23.6 Å². The fourth-order valence-corrected chi connectivity index (χ4v) is 1.66. The predicted molar refractivity (Wildman–Crippen MR) is 59.3 cm³/mol. The van der Waals surface area contributed by atoms with Crippen LogP contribution in [-0.2, 0) is 11.3 Å². The zero-order valence-corrected chi connectivity index (χ0v) is 9.49. The van der Waals surface area contributed by atoms with Crippen molar-refractivity contribution in [3.8, 4) is 5.88 Å². The smallest absolute Gasteiger partial charge is 0.251 e. The predicted octanol–water partition coefficient (Wildman–Crippen LogP) is 1.25. The molecular weight excluding hydrogens is 223 g/mol. The number of halogens is 1. The highest BCUT2D eigenvalue weighted by atomic mass is 19.1. The summed E-state index contributed by atoms with van der Waals surface area (Å²) in [5, 5.41) is 3.27. The summed E-state index contributed by atoms with van der Waals surface area (Å²) in [7, 11) is 0. The summed E-state index contributed by atoms with van der Waals surface area (Å²) in [5.41, 5.74) is 0.613. The minimum absolute atomic E-state index is 0.0522. The molecule has 17 heavy (non-hydrogen) atoms. The Labute approximate surface area is 99.1 Å². The minimum Gasteiger partial charge on any atom is -0.467 e. The maximum atomic E-state index is 14.0. The molecule has 1 aliphatic carbocycles. The van der Waals surface area contributed by atoms with Crippen LogP contribution in [0.5, 0.6) is 5.88 Å². The van der Waals surface area contributed by atoms with Gasteiger partial charge in [0.1, 0.15) is 6.10 Å². The molecule has 2 aliphatic rings. The molecule has 1 saturated heterocycles. The van der Waals surface area contributed by atoms with Crippen molar-refractivity contribution in [2.75, 3.05) is 13.2 Å². The van der Waals surface area contributed by atoms with Gasteiger partial charge in [-0.1, -0.05) is 0 Å². The molecule has 0 spiro atoms. The van der Waals surface area contributed by atoms with Gasteiger partial charge in [0, 0.05) is 24.3 Å². The lowest BCUT2D eigenvalue weighted by atomic mass is 10.2. The first kappa shape index (κ1) is 10.9. The largest absolute Gasteiger partial charge is 0.467 e. The molecule has 0 bridgehead atoms. The van der Waals surface area contributed by atoms with Gasteiger partial charge >= 0.3 is 0 Å². The molecule has 1 N–H and O–H groups in total. The summed E-state index contributed by atoms with van der Waals surface area (Å²) < 4.78 is 24.4. The number of ether oxygens (including phenoxy) is 2. The number of aromatic nitrogens is 1. The van der Waals surface area contributed by atoms with E-state index in [-0.39, 0.29) is 17.8 Å². The molecule has 0 amide bonds. The highest BCUT2D eigenvalue weighted by Crippen LogP contribution is 2.23. The van der Waals surface area contributed by atoms with Gasteiger partial charge in [-0.05, 0) is 18.9 Å². The zero-order chi connectivity index (χ0) is 11.7. The Morgan fingerprint density at radius 2 is 2.29 bits per heavy atom. The second-order valence-electron chi connectivity index (χ2n) is 4.52. The average molecular weight is 238 g/mol. The summed E-state index contributed by atoms with van der Waals surface area (Å²) in [6.45, 7) is 1.58. The monoisotopic (exact) mass is 238 g/mol. The van der Waals surface area contributed by atoms with Gasteiger partial charge in [0.15, 0.2) is 5.82 Å². The van der Waals surface area contributed by atoms with Crippen LogP contribution < -0.4 is 10.1 Å². The number of hydrogen-bond acceptors (Lipinski definition) is 4. The van der Waals surface area contributed by atoms with Crippen molar-refractivity contribution in [3.63, 3.8) is 0 Å². The molecule has 2 fully saturated rings. The number of nitrogens with one attached hydrogen (secondary N) is 1. The Morgan fingerprint density at radius 1 is 1.47 bits per heavy atom. The standard InChI is InChI=1S/C12H15FN2O2/c13-11-8(5-15-9-1-2-9)3-4-14-12(11)17-10-6-16-7-10/h3-4,9-10,15H,1-2,5-7H2. The minimum atomic E-state index is -0.354. The highest BCUT2D eigenvalue weighted by Gasteiger charge is 2.24. The maximum absolute atomic E-state index is 14.0. The van der Waals surface area contributed by atoms with Crippen molar-refractivity contribution in [1.29, 1.82) is 0 Å². The maximum Gasteiger partial charge on any atom is 0.251 e. The fourth-order valence-electron chi connectivity index (χ4n) is 1.66. The quantitative estimate of drug-likeness (QED) is 0.838. The molecular formula is C12H15FN2O2. The Hall–Kier alpha value is -1.20. The van der Waals surface area contributed by atoms with E-state index in [0.717, 1.165) is 0 Å². The lowest BCUT2D eigenvalue weighted by Gasteiger charge is -2.26. The van der Waals surface area contributed by atoms with Crippen LogP contribution in [0.15, 0.2) is 12.3 Å². The lowest BCUT2D eigenvalue weighted by Crippen LogP contribution is -2.39. The van der Waals surface area contributed by atoms with E-state index in [2.05, 4.69) is 10.3 Å². The van der Waals surface area contributed by atoms with Crippen LogP contribution in [0.3, 0.4) is 0 Å². The topological polar surface area (TPSA) is 43.4 Å². The molecule has 2 heterocycles. The van der Waals surface area contributed by atoms with Gasteiger partial charge in [0.2, 0.25) is 0 Å². The Balaban J connectivity index is 1.66. The second-order valence-corrected chi connectivity index (χ2v) is 4.52. The summed E-state index contributed by atoms with van der Waals surface area (Å²) in [6.07, 6.45) is 3.91. The van der Waals surface area contributed by atoms with Crippen molar-refractivity contribution in [2.45, 2.75) is 31.5 Å². The summed E-state index contributed by atoms with van der Waals surface area (Å²) in [5.74, 6) is -0.263. The Bertz CT molecular complexity index is 405. The van der Waals surface area contributed by atoms with Crippen LogP contribution in [0.1, 0.15) is 18.4 Å². The van der Waals surface area contributed by atoms with Gasteiger partial charge in [-0.2, -0.15) is 0 Å². The molecule has 1 aromatic heterocycles. The molecule has 5 heteroatoms. The highest BCUT2D eigenvalue weighted by molar-refractivity contribution is 5.24. The van der Waals surface area contributed by atoms with Gasteiger partial charge in [-0.3, -0.25) is 0 Å².